The van der Waals surface area contributed by atoms with Crippen LogP contribution in [0, 0.1) is 11.8 Å². The fourth-order valence-corrected chi connectivity index (χ4v) is 4.94. The summed E-state index contributed by atoms with van der Waals surface area (Å²) in [5.41, 5.74) is -0.0159. The monoisotopic (exact) mass is 392 g/mol. The van der Waals surface area contributed by atoms with Crippen LogP contribution in [0.25, 0.3) is 0 Å². The molecule has 1 aliphatic carbocycles. The SMILES string of the molecule is O=C(c1c(O)cccc1O)N1C[C@H]2C[C@@H](N3CCCC3)[C@H](O)C[C@H]2C1.O=CO. The number of carbonyl (C=O) groups is 2. The van der Waals surface area contributed by atoms with Crippen molar-refractivity contribution >= 4 is 12.4 Å². The molecule has 1 amide bonds. The highest BCUT2D eigenvalue weighted by Gasteiger charge is 2.45. The molecule has 2 aliphatic heterocycles. The van der Waals surface area contributed by atoms with Crippen molar-refractivity contribution in [3.8, 4) is 11.5 Å². The van der Waals surface area contributed by atoms with Gasteiger partial charge in [0.15, 0.2) is 0 Å². The topological polar surface area (TPSA) is 122 Å². The Hall–Kier alpha value is -2.32. The quantitative estimate of drug-likeness (QED) is 0.556. The van der Waals surface area contributed by atoms with E-state index >= 15 is 0 Å². The van der Waals surface area contributed by atoms with Gasteiger partial charge in [0.1, 0.15) is 17.1 Å². The molecule has 0 bridgehead atoms. The van der Waals surface area contributed by atoms with Crippen LogP contribution in [-0.4, -0.2) is 80.9 Å². The van der Waals surface area contributed by atoms with Crippen LogP contribution >= 0.6 is 0 Å². The van der Waals surface area contributed by atoms with Gasteiger partial charge in [0, 0.05) is 19.1 Å². The second-order valence-corrected chi connectivity index (χ2v) is 7.86. The smallest absolute Gasteiger partial charge is 0.290 e. The maximum absolute atomic E-state index is 12.8. The molecule has 4 atom stereocenters. The van der Waals surface area contributed by atoms with Crippen LogP contribution in [-0.2, 0) is 4.79 Å². The number of amides is 1. The number of phenolic OH excluding ortho intramolecular Hbond substituents is 2. The molecule has 0 unspecified atom stereocenters. The number of aromatic hydroxyl groups is 2. The minimum atomic E-state index is -0.326. The maximum Gasteiger partial charge on any atom is 0.290 e. The Morgan fingerprint density at radius 2 is 1.57 bits per heavy atom. The number of aliphatic hydroxyl groups excluding tert-OH is 1. The standard InChI is InChI=1S/C19H26N2O4.CH2O2/c22-15-4-3-5-16(23)18(15)19(25)21-10-12-8-14(20-6-1-2-7-20)17(24)9-13(12)11-21;2-1-3/h3-5,12-14,17,22-24H,1-2,6-11H2;1H,(H,2,3)/t12-,13+,14-,17-;/m1./s1. The van der Waals surface area contributed by atoms with Gasteiger partial charge in [-0.15, -0.1) is 0 Å². The molecule has 0 spiro atoms. The summed E-state index contributed by atoms with van der Waals surface area (Å²) < 4.78 is 0. The van der Waals surface area contributed by atoms with Crippen LogP contribution in [0.2, 0.25) is 0 Å². The summed E-state index contributed by atoms with van der Waals surface area (Å²) in [5, 5.41) is 37.4. The lowest BCUT2D eigenvalue weighted by atomic mass is 9.77. The van der Waals surface area contributed by atoms with Crippen molar-refractivity contribution in [1.29, 1.82) is 0 Å². The Kier molecular flexibility index (Phi) is 6.41. The van der Waals surface area contributed by atoms with Crippen molar-refractivity contribution in [3.05, 3.63) is 23.8 Å². The van der Waals surface area contributed by atoms with E-state index in [2.05, 4.69) is 4.90 Å². The van der Waals surface area contributed by atoms with E-state index in [1.54, 1.807) is 4.90 Å². The summed E-state index contributed by atoms with van der Waals surface area (Å²) in [6.07, 6.45) is 3.72. The second kappa shape index (κ2) is 8.79. The molecule has 2 saturated heterocycles. The van der Waals surface area contributed by atoms with Gasteiger partial charge in [0.25, 0.3) is 12.4 Å². The first-order valence-corrected chi connectivity index (χ1v) is 9.76. The predicted molar refractivity (Wildman–Crippen MR) is 101 cm³/mol. The molecule has 0 radical (unpaired) electrons. The molecular formula is C20H28N2O6. The Balaban J connectivity index is 0.000000706. The van der Waals surface area contributed by atoms with Gasteiger partial charge in [-0.05, 0) is 62.7 Å². The van der Waals surface area contributed by atoms with Gasteiger partial charge in [0.2, 0.25) is 0 Å². The van der Waals surface area contributed by atoms with Crippen molar-refractivity contribution in [3.63, 3.8) is 0 Å². The fraction of sp³-hybridized carbons (Fsp3) is 0.600. The number of benzene rings is 1. The first kappa shape index (κ1) is 20.4. The summed E-state index contributed by atoms with van der Waals surface area (Å²) in [5.74, 6) is -0.0151. The third kappa shape index (κ3) is 4.07. The zero-order chi connectivity index (χ0) is 20.3. The molecule has 4 rings (SSSR count). The van der Waals surface area contributed by atoms with Crippen LogP contribution in [0.4, 0.5) is 0 Å². The highest BCUT2D eigenvalue weighted by molar-refractivity contribution is 5.99. The first-order chi connectivity index (χ1) is 13.5. The number of nitrogens with zero attached hydrogens (tertiary/aromatic N) is 2. The van der Waals surface area contributed by atoms with Gasteiger partial charge in [-0.1, -0.05) is 6.07 Å². The average molecular weight is 392 g/mol. The van der Waals surface area contributed by atoms with Gasteiger partial charge in [-0.2, -0.15) is 0 Å². The van der Waals surface area contributed by atoms with E-state index in [0.29, 0.717) is 24.9 Å². The molecule has 8 nitrogen and oxygen atoms in total. The Morgan fingerprint density at radius 1 is 1.04 bits per heavy atom. The molecule has 154 valence electrons. The van der Waals surface area contributed by atoms with Crippen molar-refractivity contribution in [2.45, 2.75) is 37.8 Å². The normalized spacial score (nSPS) is 29.7. The number of aliphatic hydroxyl groups is 1. The van der Waals surface area contributed by atoms with E-state index in [4.69, 9.17) is 9.90 Å². The number of phenols is 2. The Morgan fingerprint density at radius 3 is 2.14 bits per heavy atom. The van der Waals surface area contributed by atoms with E-state index in [1.807, 2.05) is 0 Å². The highest BCUT2D eigenvalue weighted by Crippen LogP contribution is 2.40. The molecule has 1 aromatic carbocycles. The number of carbonyl (C=O) groups excluding carboxylic acids is 1. The third-order valence-corrected chi connectivity index (χ3v) is 6.24. The second-order valence-electron chi connectivity index (χ2n) is 7.86. The molecule has 2 heterocycles. The third-order valence-electron chi connectivity index (χ3n) is 6.24. The van der Waals surface area contributed by atoms with Gasteiger partial charge >= 0.3 is 0 Å². The van der Waals surface area contributed by atoms with Gasteiger partial charge < -0.3 is 25.3 Å². The molecule has 1 aromatic rings. The van der Waals surface area contributed by atoms with E-state index in [9.17, 15) is 20.1 Å². The molecule has 4 N–H and O–H groups in total. The Bertz CT molecular complexity index is 686. The number of rotatable bonds is 2. The predicted octanol–water partition coefficient (Wildman–Crippen LogP) is 1.11. The van der Waals surface area contributed by atoms with Crippen LogP contribution in [0.15, 0.2) is 18.2 Å². The van der Waals surface area contributed by atoms with Crippen LogP contribution in [0.3, 0.4) is 0 Å². The number of likely N-dealkylation sites (tertiary alicyclic amines) is 2. The molecule has 3 aliphatic rings. The van der Waals surface area contributed by atoms with E-state index in [-0.39, 0.29) is 41.6 Å². The van der Waals surface area contributed by atoms with Crippen molar-refractivity contribution in [1.82, 2.24) is 9.80 Å². The lowest BCUT2D eigenvalue weighted by Gasteiger charge is -2.40. The highest BCUT2D eigenvalue weighted by atomic mass is 16.3. The zero-order valence-corrected chi connectivity index (χ0v) is 15.8. The largest absolute Gasteiger partial charge is 0.507 e. The van der Waals surface area contributed by atoms with Gasteiger partial charge in [-0.25, -0.2) is 0 Å². The van der Waals surface area contributed by atoms with Crippen LogP contribution < -0.4 is 0 Å². The average Bonchev–Trinajstić information content (AvgIpc) is 3.30. The maximum atomic E-state index is 12.8. The van der Waals surface area contributed by atoms with E-state index < -0.39 is 0 Å². The number of carboxylic acid groups (broad SMARTS) is 1. The molecule has 1 saturated carbocycles. The van der Waals surface area contributed by atoms with Crippen LogP contribution in [0.1, 0.15) is 36.0 Å². The molecular weight excluding hydrogens is 364 g/mol. The number of hydrogen-bond acceptors (Lipinski definition) is 6. The number of fused-ring (bicyclic) bond motifs is 1. The van der Waals surface area contributed by atoms with Crippen molar-refractivity contribution < 1.29 is 30.0 Å². The molecule has 0 aromatic heterocycles. The van der Waals surface area contributed by atoms with Gasteiger partial charge in [-0.3, -0.25) is 14.5 Å². The lowest BCUT2D eigenvalue weighted by molar-refractivity contribution is -0.122. The van der Waals surface area contributed by atoms with E-state index in [1.165, 1.54) is 31.0 Å². The fourth-order valence-electron chi connectivity index (χ4n) is 4.94. The lowest BCUT2D eigenvalue weighted by Crippen LogP contribution is -2.48. The van der Waals surface area contributed by atoms with Crippen LogP contribution in [0.5, 0.6) is 11.5 Å². The minimum absolute atomic E-state index is 0.0159. The molecule has 3 fully saturated rings. The summed E-state index contributed by atoms with van der Waals surface area (Å²) in [4.78, 5) is 25.3. The van der Waals surface area contributed by atoms with Gasteiger partial charge in [0.05, 0.1) is 6.10 Å². The number of hydrogen-bond donors (Lipinski definition) is 4. The Labute approximate surface area is 164 Å². The molecule has 8 heteroatoms. The minimum Gasteiger partial charge on any atom is -0.507 e. The first-order valence-electron chi connectivity index (χ1n) is 9.76. The van der Waals surface area contributed by atoms with Crippen molar-refractivity contribution in [2.75, 3.05) is 26.2 Å². The summed E-state index contributed by atoms with van der Waals surface area (Å²) in [6, 6.07) is 4.56. The van der Waals surface area contributed by atoms with E-state index in [0.717, 1.165) is 25.9 Å². The summed E-state index contributed by atoms with van der Waals surface area (Å²) in [7, 11) is 0. The zero-order valence-electron chi connectivity index (χ0n) is 15.8. The summed E-state index contributed by atoms with van der Waals surface area (Å²) in [6.45, 7) is 3.09. The molecule has 28 heavy (non-hydrogen) atoms. The summed E-state index contributed by atoms with van der Waals surface area (Å²) >= 11 is 0. The van der Waals surface area contributed by atoms with Crippen molar-refractivity contribution in [2.24, 2.45) is 11.8 Å².